The summed E-state index contributed by atoms with van der Waals surface area (Å²) in [6.45, 7) is 0. The van der Waals surface area contributed by atoms with Gasteiger partial charge in [0.1, 0.15) is 11.3 Å². The summed E-state index contributed by atoms with van der Waals surface area (Å²) in [5, 5.41) is 10.2. The minimum absolute atomic E-state index is 0.0563. The number of sulfonamides is 1. The predicted octanol–water partition coefficient (Wildman–Crippen LogP) is 4.00. The van der Waals surface area contributed by atoms with E-state index in [-0.39, 0.29) is 16.5 Å². The van der Waals surface area contributed by atoms with Crippen molar-refractivity contribution in [3.63, 3.8) is 0 Å². The number of hydrogen-bond donors (Lipinski definition) is 2. The van der Waals surface area contributed by atoms with Gasteiger partial charge in [0.05, 0.1) is 10.5 Å². The van der Waals surface area contributed by atoms with Crippen LogP contribution in [0.3, 0.4) is 0 Å². The van der Waals surface area contributed by atoms with Gasteiger partial charge < -0.3 is 9.52 Å². The van der Waals surface area contributed by atoms with Crippen molar-refractivity contribution in [1.82, 2.24) is 4.98 Å². The molecule has 0 aliphatic heterocycles. The fourth-order valence-corrected chi connectivity index (χ4v) is 3.64. The van der Waals surface area contributed by atoms with Crippen molar-refractivity contribution in [3.05, 3.63) is 72.8 Å². The van der Waals surface area contributed by atoms with Gasteiger partial charge in [0.2, 0.25) is 5.89 Å². The lowest BCUT2D eigenvalue weighted by atomic mass is 10.2. The van der Waals surface area contributed by atoms with E-state index in [1.807, 2.05) is 12.1 Å². The number of benzene rings is 3. The molecule has 0 unspecified atom stereocenters. The predicted molar refractivity (Wildman–Crippen MR) is 98.4 cm³/mol. The van der Waals surface area contributed by atoms with Gasteiger partial charge in [0.15, 0.2) is 5.58 Å². The molecule has 3 aromatic carbocycles. The van der Waals surface area contributed by atoms with E-state index >= 15 is 0 Å². The van der Waals surface area contributed by atoms with Crippen LogP contribution in [0.4, 0.5) is 5.69 Å². The molecule has 4 aromatic rings. The molecule has 0 amide bonds. The lowest BCUT2D eigenvalue weighted by molar-refractivity contribution is 0.474. The number of aromatic hydroxyl groups is 1. The standard InChI is InChI=1S/C19H14N2O4S/c22-17-11-10-13(21-26(23,24)14-6-2-1-3-7-14)12-15(17)19-20-16-8-4-5-9-18(16)25-19/h1-12,21-22H. The molecule has 2 N–H and O–H groups in total. The summed E-state index contributed by atoms with van der Waals surface area (Å²) in [5.74, 6) is 0.156. The molecule has 0 fully saturated rings. The second-order valence-electron chi connectivity index (χ2n) is 5.64. The van der Waals surface area contributed by atoms with Gasteiger partial charge in [0, 0.05) is 5.69 Å². The van der Waals surface area contributed by atoms with Crippen LogP contribution in [-0.2, 0) is 10.0 Å². The van der Waals surface area contributed by atoms with Crippen LogP contribution in [0.5, 0.6) is 5.75 Å². The van der Waals surface area contributed by atoms with Crippen molar-refractivity contribution < 1.29 is 17.9 Å². The number of rotatable bonds is 4. The van der Waals surface area contributed by atoms with Crippen LogP contribution in [0.1, 0.15) is 0 Å². The smallest absolute Gasteiger partial charge is 0.261 e. The van der Waals surface area contributed by atoms with E-state index in [0.717, 1.165) is 0 Å². The number of nitrogens with zero attached hydrogens (tertiary/aromatic N) is 1. The highest BCUT2D eigenvalue weighted by Gasteiger charge is 2.17. The number of anilines is 1. The number of hydrogen-bond acceptors (Lipinski definition) is 5. The highest BCUT2D eigenvalue weighted by Crippen LogP contribution is 2.33. The molecule has 0 atom stereocenters. The third kappa shape index (κ3) is 3.00. The van der Waals surface area contributed by atoms with Gasteiger partial charge in [-0.15, -0.1) is 0 Å². The Morgan fingerprint density at radius 3 is 2.42 bits per heavy atom. The van der Waals surface area contributed by atoms with Crippen LogP contribution in [0, 0.1) is 0 Å². The molecule has 0 bridgehead atoms. The first-order chi connectivity index (χ1) is 12.5. The Hall–Kier alpha value is -3.32. The van der Waals surface area contributed by atoms with E-state index in [4.69, 9.17) is 4.42 Å². The molecule has 0 radical (unpaired) electrons. The first-order valence-corrected chi connectivity index (χ1v) is 9.28. The van der Waals surface area contributed by atoms with Crippen molar-refractivity contribution >= 4 is 26.8 Å². The second-order valence-corrected chi connectivity index (χ2v) is 7.32. The Morgan fingerprint density at radius 1 is 0.923 bits per heavy atom. The molecule has 7 heteroatoms. The van der Waals surface area contributed by atoms with Gasteiger partial charge in [-0.2, -0.15) is 0 Å². The van der Waals surface area contributed by atoms with Crippen LogP contribution in [0.2, 0.25) is 0 Å². The van der Waals surface area contributed by atoms with Crippen LogP contribution >= 0.6 is 0 Å². The van der Waals surface area contributed by atoms with Gasteiger partial charge in [0.25, 0.3) is 10.0 Å². The molecule has 6 nitrogen and oxygen atoms in total. The Bertz CT molecular complexity index is 1150. The zero-order valence-electron chi connectivity index (χ0n) is 13.5. The summed E-state index contributed by atoms with van der Waals surface area (Å²) in [6, 6.07) is 19.6. The van der Waals surface area contributed by atoms with Crippen LogP contribution in [0.25, 0.3) is 22.6 Å². The number of oxazole rings is 1. The number of fused-ring (bicyclic) bond motifs is 1. The van der Waals surface area contributed by atoms with Crippen molar-refractivity contribution in [2.75, 3.05) is 4.72 Å². The molecule has 0 saturated heterocycles. The van der Waals surface area contributed by atoms with Gasteiger partial charge in [-0.05, 0) is 42.5 Å². The number of para-hydroxylation sites is 2. The van der Waals surface area contributed by atoms with Crippen molar-refractivity contribution in [2.24, 2.45) is 0 Å². The van der Waals surface area contributed by atoms with E-state index in [1.165, 1.54) is 30.3 Å². The van der Waals surface area contributed by atoms with Gasteiger partial charge >= 0.3 is 0 Å². The Balaban J connectivity index is 1.73. The van der Waals surface area contributed by atoms with Gasteiger partial charge in [-0.1, -0.05) is 30.3 Å². The minimum Gasteiger partial charge on any atom is -0.507 e. The van der Waals surface area contributed by atoms with E-state index < -0.39 is 10.0 Å². The molecule has 26 heavy (non-hydrogen) atoms. The van der Waals surface area contributed by atoms with E-state index in [0.29, 0.717) is 22.4 Å². The Kier molecular flexibility index (Phi) is 3.85. The number of phenolic OH excluding ortho intramolecular Hbond substituents is 1. The average molecular weight is 366 g/mol. The molecular formula is C19H14N2O4S. The first-order valence-electron chi connectivity index (χ1n) is 7.80. The highest BCUT2D eigenvalue weighted by molar-refractivity contribution is 7.92. The van der Waals surface area contributed by atoms with Crippen molar-refractivity contribution in [3.8, 4) is 17.2 Å². The van der Waals surface area contributed by atoms with E-state index in [9.17, 15) is 13.5 Å². The highest BCUT2D eigenvalue weighted by atomic mass is 32.2. The minimum atomic E-state index is -3.73. The largest absolute Gasteiger partial charge is 0.507 e. The molecular weight excluding hydrogens is 352 g/mol. The zero-order chi connectivity index (χ0) is 18.1. The number of phenols is 1. The second kappa shape index (κ2) is 6.20. The van der Waals surface area contributed by atoms with E-state index in [2.05, 4.69) is 9.71 Å². The summed E-state index contributed by atoms with van der Waals surface area (Å²) >= 11 is 0. The summed E-state index contributed by atoms with van der Waals surface area (Å²) in [4.78, 5) is 4.49. The summed E-state index contributed by atoms with van der Waals surface area (Å²) in [6.07, 6.45) is 0. The van der Waals surface area contributed by atoms with Gasteiger partial charge in [-0.3, -0.25) is 4.72 Å². The third-order valence-electron chi connectivity index (χ3n) is 3.83. The van der Waals surface area contributed by atoms with Crippen LogP contribution in [0.15, 0.2) is 82.1 Å². The monoisotopic (exact) mass is 366 g/mol. The average Bonchev–Trinajstić information content (AvgIpc) is 3.08. The molecule has 1 heterocycles. The molecule has 0 saturated carbocycles. The zero-order valence-corrected chi connectivity index (χ0v) is 14.3. The summed E-state index contributed by atoms with van der Waals surface area (Å²) in [5.41, 5.74) is 1.83. The maximum atomic E-state index is 12.5. The van der Waals surface area contributed by atoms with Gasteiger partial charge in [-0.25, -0.2) is 13.4 Å². The summed E-state index contributed by atoms with van der Waals surface area (Å²) in [7, 11) is -3.73. The van der Waals surface area contributed by atoms with Crippen molar-refractivity contribution in [1.29, 1.82) is 0 Å². The lowest BCUT2D eigenvalue weighted by Gasteiger charge is -2.09. The van der Waals surface area contributed by atoms with Crippen LogP contribution in [-0.4, -0.2) is 18.5 Å². The maximum Gasteiger partial charge on any atom is 0.261 e. The molecule has 0 spiro atoms. The fourth-order valence-electron chi connectivity index (χ4n) is 2.57. The maximum absolute atomic E-state index is 12.5. The van der Waals surface area contributed by atoms with Crippen LogP contribution < -0.4 is 4.72 Å². The fraction of sp³-hybridized carbons (Fsp3) is 0. The first kappa shape index (κ1) is 16.2. The molecule has 1 aromatic heterocycles. The molecule has 4 rings (SSSR count). The molecule has 0 aliphatic rings. The lowest BCUT2D eigenvalue weighted by Crippen LogP contribution is -2.12. The molecule has 130 valence electrons. The third-order valence-corrected chi connectivity index (χ3v) is 5.22. The Morgan fingerprint density at radius 2 is 1.65 bits per heavy atom. The normalized spacial score (nSPS) is 11.5. The number of aromatic nitrogens is 1. The summed E-state index contributed by atoms with van der Waals surface area (Å²) < 4.78 is 33.1. The molecule has 0 aliphatic carbocycles. The number of nitrogens with one attached hydrogen (secondary N) is 1. The topological polar surface area (TPSA) is 92.4 Å². The van der Waals surface area contributed by atoms with Crippen molar-refractivity contribution in [2.45, 2.75) is 4.90 Å². The quantitative estimate of drug-likeness (QED) is 0.533. The van der Waals surface area contributed by atoms with E-state index in [1.54, 1.807) is 30.3 Å². The Labute approximate surface area is 149 Å². The SMILES string of the molecule is O=S(=O)(Nc1ccc(O)c(-c2nc3ccccc3o2)c1)c1ccccc1.